The summed E-state index contributed by atoms with van der Waals surface area (Å²) in [5.41, 5.74) is -0.832. The van der Waals surface area contributed by atoms with Crippen LogP contribution in [0.3, 0.4) is 0 Å². The van der Waals surface area contributed by atoms with Gasteiger partial charge in [-0.2, -0.15) is 0 Å². The first-order valence-corrected chi connectivity index (χ1v) is 7.88. The van der Waals surface area contributed by atoms with Crippen LogP contribution in [0, 0.1) is 17.2 Å². The molecule has 1 aromatic carbocycles. The third kappa shape index (κ3) is 2.72. The van der Waals surface area contributed by atoms with Crippen LogP contribution in [0.15, 0.2) is 24.3 Å². The van der Waals surface area contributed by atoms with E-state index in [1.165, 1.54) is 12.1 Å². The molecular formula is C17H21FN2O2. The number of anilines is 1. The van der Waals surface area contributed by atoms with E-state index in [2.05, 4.69) is 12.2 Å². The largest absolute Gasteiger partial charge is 0.342 e. The lowest BCUT2D eigenvalue weighted by molar-refractivity contribution is -0.143. The Morgan fingerprint density at radius 2 is 1.86 bits per heavy atom. The number of halogens is 1. The number of benzene rings is 1. The van der Waals surface area contributed by atoms with Crippen molar-refractivity contribution in [1.29, 1.82) is 0 Å². The topological polar surface area (TPSA) is 49.4 Å². The molecule has 0 spiro atoms. The van der Waals surface area contributed by atoms with Gasteiger partial charge in [0.25, 0.3) is 0 Å². The molecule has 1 saturated carbocycles. The number of piperidine rings is 1. The Balaban J connectivity index is 1.69. The molecule has 2 fully saturated rings. The van der Waals surface area contributed by atoms with Crippen molar-refractivity contribution in [2.75, 3.05) is 18.4 Å². The van der Waals surface area contributed by atoms with Crippen molar-refractivity contribution in [3.05, 3.63) is 30.1 Å². The normalized spacial score (nSPS) is 20.5. The molecule has 0 bridgehead atoms. The van der Waals surface area contributed by atoms with Crippen LogP contribution in [0.25, 0.3) is 0 Å². The SMILES string of the molecule is CC1CCN(C(=O)C2(C(=O)Nc3ccccc3F)CC2)CC1. The molecule has 1 aliphatic heterocycles. The van der Waals surface area contributed by atoms with Crippen LogP contribution in [0.2, 0.25) is 0 Å². The van der Waals surface area contributed by atoms with E-state index >= 15 is 0 Å². The first-order chi connectivity index (χ1) is 10.5. The Hall–Kier alpha value is -1.91. The van der Waals surface area contributed by atoms with Gasteiger partial charge in [-0.1, -0.05) is 19.1 Å². The van der Waals surface area contributed by atoms with E-state index in [0.29, 0.717) is 31.8 Å². The van der Waals surface area contributed by atoms with Crippen molar-refractivity contribution in [3.8, 4) is 0 Å². The minimum absolute atomic E-state index is 0.0896. The Morgan fingerprint density at radius 3 is 2.45 bits per heavy atom. The van der Waals surface area contributed by atoms with E-state index < -0.39 is 11.2 Å². The Morgan fingerprint density at radius 1 is 1.23 bits per heavy atom. The van der Waals surface area contributed by atoms with Crippen LogP contribution in [0.4, 0.5) is 10.1 Å². The third-order valence-electron chi connectivity index (χ3n) is 4.79. The van der Waals surface area contributed by atoms with Crippen molar-refractivity contribution < 1.29 is 14.0 Å². The fraction of sp³-hybridized carbons (Fsp3) is 0.529. The first-order valence-electron chi connectivity index (χ1n) is 7.88. The van der Waals surface area contributed by atoms with Gasteiger partial charge in [0, 0.05) is 13.1 Å². The zero-order chi connectivity index (χ0) is 15.7. The van der Waals surface area contributed by atoms with Gasteiger partial charge < -0.3 is 10.2 Å². The summed E-state index contributed by atoms with van der Waals surface area (Å²) in [4.78, 5) is 26.9. The lowest BCUT2D eigenvalue weighted by Crippen LogP contribution is -2.46. The average molecular weight is 304 g/mol. The van der Waals surface area contributed by atoms with Crippen LogP contribution in [-0.4, -0.2) is 29.8 Å². The summed E-state index contributed by atoms with van der Waals surface area (Å²) in [7, 11) is 0. The summed E-state index contributed by atoms with van der Waals surface area (Å²) in [5, 5.41) is 2.58. The zero-order valence-electron chi connectivity index (χ0n) is 12.8. The Labute approximate surface area is 129 Å². The summed E-state index contributed by atoms with van der Waals surface area (Å²) in [6, 6.07) is 6.03. The van der Waals surface area contributed by atoms with Gasteiger partial charge in [-0.05, 0) is 43.7 Å². The predicted octanol–water partition coefficient (Wildman–Crippen LogP) is 2.80. The molecule has 1 N–H and O–H groups in total. The number of carbonyl (C=O) groups is 2. The number of rotatable bonds is 3. The molecule has 3 rings (SSSR count). The quantitative estimate of drug-likeness (QED) is 0.873. The molecule has 1 heterocycles. The van der Waals surface area contributed by atoms with Gasteiger partial charge in [-0.3, -0.25) is 9.59 Å². The maximum Gasteiger partial charge on any atom is 0.240 e. The van der Waals surface area contributed by atoms with Crippen molar-refractivity contribution in [2.45, 2.75) is 32.6 Å². The second-order valence-electron chi connectivity index (χ2n) is 6.49. The van der Waals surface area contributed by atoms with Crippen molar-refractivity contribution in [1.82, 2.24) is 4.90 Å². The van der Waals surface area contributed by atoms with Crippen LogP contribution in [0.5, 0.6) is 0 Å². The maximum absolute atomic E-state index is 13.6. The predicted molar refractivity (Wildman–Crippen MR) is 81.7 cm³/mol. The van der Waals surface area contributed by atoms with Gasteiger partial charge >= 0.3 is 0 Å². The van der Waals surface area contributed by atoms with Crippen LogP contribution >= 0.6 is 0 Å². The van der Waals surface area contributed by atoms with Crippen molar-refractivity contribution in [3.63, 3.8) is 0 Å². The summed E-state index contributed by atoms with van der Waals surface area (Å²) >= 11 is 0. The molecule has 22 heavy (non-hydrogen) atoms. The van der Waals surface area contributed by atoms with Crippen molar-refractivity contribution >= 4 is 17.5 Å². The molecule has 2 amide bonds. The molecule has 0 unspecified atom stereocenters. The lowest BCUT2D eigenvalue weighted by atomic mass is 9.96. The summed E-state index contributed by atoms with van der Waals surface area (Å²) in [5.74, 6) is -0.313. The van der Waals surface area contributed by atoms with E-state index in [4.69, 9.17) is 0 Å². The second kappa shape index (κ2) is 5.71. The number of para-hydroxylation sites is 1. The monoisotopic (exact) mass is 304 g/mol. The number of hydrogen-bond donors (Lipinski definition) is 1. The molecule has 1 saturated heterocycles. The highest BCUT2D eigenvalue weighted by molar-refractivity contribution is 6.13. The minimum atomic E-state index is -0.969. The minimum Gasteiger partial charge on any atom is -0.342 e. The van der Waals surface area contributed by atoms with Gasteiger partial charge in [0.1, 0.15) is 11.2 Å². The molecule has 1 aromatic rings. The van der Waals surface area contributed by atoms with E-state index in [9.17, 15) is 14.0 Å². The maximum atomic E-state index is 13.6. The average Bonchev–Trinajstić information content (AvgIpc) is 3.31. The van der Waals surface area contributed by atoms with E-state index in [1.54, 1.807) is 17.0 Å². The number of hydrogen-bond acceptors (Lipinski definition) is 2. The summed E-state index contributed by atoms with van der Waals surface area (Å²) in [6.45, 7) is 3.61. The van der Waals surface area contributed by atoms with E-state index in [0.717, 1.165) is 12.8 Å². The van der Waals surface area contributed by atoms with Gasteiger partial charge in [0.2, 0.25) is 11.8 Å². The third-order valence-corrected chi connectivity index (χ3v) is 4.79. The summed E-state index contributed by atoms with van der Waals surface area (Å²) < 4.78 is 13.6. The zero-order valence-corrected chi connectivity index (χ0v) is 12.8. The van der Waals surface area contributed by atoms with Gasteiger partial charge in [-0.25, -0.2) is 4.39 Å². The summed E-state index contributed by atoms with van der Waals surface area (Å²) in [6.07, 6.45) is 3.07. The number of likely N-dealkylation sites (tertiary alicyclic amines) is 1. The van der Waals surface area contributed by atoms with Crippen molar-refractivity contribution in [2.24, 2.45) is 11.3 Å². The van der Waals surface area contributed by atoms with E-state index in [1.807, 2.05) is 0 Å². The Bertz CT molecular complexity index is 590. The molecule has 5 heteroatoms. The molecule has 2 aliphatic rings. The highest BCUT2D eigenvalue weighted by atomic mass is 19.1. The fourth-order valence-electron chi connectivity index (χ4n) is 2.98. The molecule has 0 radical (unpaired) electrons. The first kappa shape index (κ1) is 15.0. The van der Waals surface area contributed by atoms with Crippen LogP contribution < -0.4 is 5.32 Å². The second-order valence-corrected chi connectivity index (χ2v) is 6.49. The van der Waals surface area contributed by atoms with Crippen LogP contribution in [0.1, 0.15) is 32.6 Å². The lowest BCUT2D eigenvalue weighted by Gasteiger charge is -2.32. The standard InChI is InChI=1S/C17H21FN2O2/c1-12-6-10-20(11-7-12)16(22)17(8-9-17)15(21)19-14-5-3-2-4-13(14)18/h2-5,12H,6-11H2,1H3,(H,19,21). The number of carbonyl (C=O) groups excluding carboxylic acids is 2. The molecule has 1 aliphatic carbocycles. The number of amides is 2. The Kier molecular flexibility index (Phi) is 3.89. The smallest absolute Gasteiger partial charge is 0.240 e. The van der Waals surface area contributed by atoms with Crippen LogP contribution in [-0.2, 0) is 9.59 Å². The number of nitrogens with one attached hydrogen (secondary N) is 1. The molecule has 0 aromatic heterocycles. The molecular weight excluding hydrogens is 283 g/mol. The van der Waals surface area contributed by atoms with Gasteiger partial charge in [-0.15, -0.1) is 0 Å². The number of nitrogens with zero attached hydrogens (tertiary/aromatic N) is 1. The van der Waals surface area contributed by atoms with Gasteiger partial charge in [0.05, 0.1) is 5.69 Å². The van der Waals surface area contributed by atoms with Gasteiger partial charge in [0.15, 0.2) is 0 Å². The van der Waals surface area contributed by atoms with E-state index in [-0.39, 0.29) is 17.5 Å². The molecule has 0 atom stereocenters. The molecule has 4 nitrogen and oxygen atoms in total. The fourth-order valence-corrected chi connectivity index (χ4v) is 2.98. The molecule has 118 valence electrons. The highest BCUT2D eigenvalue weighted by Gasteiger charge is 2.58. The highest BCUT2D eigenvalue weighted by Crippen LogP contribution is 2.48.